The Morgan fingerprint density at radius 1 is 0.952 bits per heavy atom. The van der Waals surface area contributed by atoms with Crippen LogP contribution in [0.4, 0.5) is 0 Å². The molecule has 1 heterocycles. The lowest BCUT2D eigenvalue weighted by molar-refractivity contribution is -0.116. The van der Waals surface area contributed by atoms with Crippen molar-refractivity contribution in [2.75, 3.05) is 0 Å². The van der Waals surface area contributed by atoms with Crippen LogP contribution in [-0.2, 0) is 16.0 Å². The van der Waals surface area contributed by atoms with Gasteiger partial charge in [-0.25, -0.2) is 0 Å². The zero-order valence-electron chi connectivity index (χ0n) is 27.4. The number of Topliss-reactive ketones (excluding diaryl/α,β-unsaturated/α-hetero) is 2. The van der Waals surface area contributed by atoms with Crippen molar-refractivity contribution in [3.05, 3.63) is 59.2 Å². The van der Waals surface area contributed by atoms with Gasteiger partial charge >= 0.3 is 0 Å². The molecule has 0 aromatic heterocycles. The Morgan fingerprint density at radius 2 is 1.67 bits per heavy atom. The van der Waals surface area contributed by atoms with Crippen LogP contribution in [0.3, 0.4) is 0 Å². The zero-order chi connectivity index (χ0) is 30.2. The average molecular weight is 572 g/mol. The molecular formula is C39H57NO2. The Labute approximate surface area is 256 Å². The number of benzene rings is 1. The summed E-state index contributed by atoms with van der Waals surface area (Å²) >= 11 is 0. The number of unbranched alkanes of at least 4 members (excludes halogenated alkanes) is 4. The summed E-state index contributed by atoms with van der Waals surface area (Å²) in [5, 5.41) is 0. The number of nitrogens with zero attached hydrogens (tertiary/aromatic N) is 1. The van der Waals surface area contributed by atoms with E-state index in [2.05, 4.69) is 77.1 Å². The Hall–Kier alpha value is -2.29. The summed E-state index contributed by atoms with van der Waals surface area (Å²) in [7, 11) is 0. The Morgan fingerprint density at radius 3 is 2.31 bits per heavy atom. The number of ketones is 2. The van der Waals surface area contributed by atoms with E-state index in [0.717, 1.165) is 69.1 Å². The monoisotopic (exact) mass is 571 g/mol. The molecule has 2 atom stereocenters. The standard InChI is InChI=1S/C39H57NO2/c1-6-7-8-9-13-16-36(41)32-20-17-31(18-21-32)27-33-28-37(42)35(22-19-30-14-11-10-12-15-30)40-39(29(33)2)25-23-34(24-26-39)38(3,4)5/h10-12,14-15,17,20,29,33-34H,6-9,13,16,18-19,21-28H2,1-5H3. The molecule has 42 heavy (non-hydrogen) atoms. The third-order valence-corrected chi connectivity index (χ3v) is 10.9. The number of aliphatic imine (C=N–C) groups is 1. The van der Waals surface area contributed by atoms with Crippen LogP contribution < -0.4 is 0 Å². The molecule has 3 aliphatic rings. The van der Waals surface area contributed by atoms with Crippen molar-refractivity contribution >= 4 is 17.3 Å². The van der Waals surface area contributed by atoms with E-state index in [9.17, 15) is 9.59 Å². The van der Waals surface area contributed by atoms with E-state index in [0.29, 0.717) is 41.8 Å². The van der Waals surface area contributed by atoms with Crippen molar-refractivity contribution in [1.82, 2.24) is 0 Å². The number of allylic oxidation sites excluding steroid dienone is 4. The minimum Gasteiger partial charge on any atom is -0.295 e. The molecule has 0 radical (unpaired) electrons. The highest BCUT2D eigenvalue weighted by Crippen LogP contribution is 2.50. The Balaban J connectivity index is 1.47. The number of hydrogen-bond donors (Lipinski definition) is 0. The molecule has 3 heteroatoms. The van der Waals surface area contributed by atoms with Crippen LogP contribution in [0.2, 0.25) is 0 Å². The van der Waals surface area contributed by atoms with Gasteiger partial charge in [0, 0.05) is 12.8 Å². The summed E-state index contributed by atoms with van der Waals surface area (Å²) in [4.78, 5) is 32.1. The molecule has 2 unspecified atom stereocenters. The number of hydrogen-bond acceptors (Lipinski definition) is 3. The van der Waals surface area contributed by atoms with E-state index in [-0.39, 0.29) is 11.3 Å². The number of aryl methyl sites for hydroxylation is 1. The molecule has 2 aliphatic carbocycles. The van der Waals surface area contributed by atoms with Crippen molar-refractivity contribution < 1.29 is 9.59 Å². The summed E-state index contributed by atoms with van der Waals surface area (Å²) < 4.78 is 0. The summed E-state index contributed by atoms with van der Waals surface area (Å²) in [6, 6.07) is 10.5. The first kappa shape index (κ1) is 32.6. The smallest absolute Gasteiger partial charge is 0.176 e. The molecule has 1 aliphatic heterocycles. The fourth-order valence-corrected chi connectivity index (χ4v) is 7.78. The summed E-state index contributed by atoms with van der Waals surface area (Å²) in [6.45, 7) is 11.7. The molecule has 1 fully saturated rings. The highest BCUT2D eigenvalue weighted by molar-refractivity contribution is 6.40. The van der Waals surface area contributed by atoms with E-state index < -0.39 is 0 Å². The van der Waals surface area contributed by atoms with Gasteiger partial charge in [-0.2, -0.15) is 0 Å². The Kier molecular flexibility index (Phi) is 11.6. The van der Waals surface area contributed by atoms with Gasteiger partial charge in [-0.15, -0.1) is 0 Å². The minimum absolute atomic E-state index is 0.130. The molecule has 0 saturated heterocycles. The van der Waals surface area contributed by atoms with Gasteiger partial charge in [-0.1, -0.05) is 108 Å². The fraction of sp³-hybridized carbons (Fsp3) is 0.667. The summed E-state index contributed by atoms with van der Waals surface area (Å²) in [5.74, 6) is 1.99. The van der Waals surface area contributed by atoms with Crippen LogP contribution in [0.15, 0.2) is 58.6 Å². The molecule has 1 spiro atoms. The maximum Gasteiger partial charge on any atom is 0.176 e. The van der Waals surface area contributed by atoms with E-state index >= 15 is 0 Å². The highest BCUT2D eigenvalue weighted by Gasteiger charge is 2.47. The first-order valence-corrected chi connectivity index (χ1v) is 17.2. The van der Waals surface area contributed by atoms with Crippen molar-refractivity contribution in [3.63, 3.8) is 0 Å². The van der Waals surface area contributed by atoms with Gasteiger partial charge in [-0.3, -0.25) is 14.6 Å². The molecule has 1 aromatic carbocycles. The van der Waals surface area contributed by atoms with Crippen LogP contribution >= 0.6 is 0 Å². The lowest BCUT2D eigenvalue weighted by Gasteiger charge is -2.46. The van der Waals surface area contributed by atoms with Crippen molar-refractivity contribution in [2.24, 2.45) is 28.2 Å². The average Bonchev–Trinajstić information content (AvgIpc) is 3.07. The normalized spacial score (nSPS) is 26.8. The van der Waals surface area contributed by atoms with E-state index in [4.69, 9.17) is 4.99 Å². The first-order valence-electron chi connectivity index (χ1n) is 17.2. The lowest BCUT2D eigenvalue weighted by Crippen LogP contribution is -2.43. The molecule has 3 nitrogen and oxygen atoms in total. The highest BCUT2D eigenvalue weighted by atomic mass is 16.1. The van der Waals surface area contributed by atoms with Crippen LogP contribution in [0.1, 0.15) is 136 Å². The number of rotatable bonds is 12. The minimum atomic E-state index is -0.130. The molecule has 0 N–H and O–H groups in total. The topological polar surface area (TPSA) is 46.5 Å². The van der Waals surface area contributed by atoms with Gasteiger partial charge in [0.25, 0.3) is 0 Å². The number of carbonyl (C=O) groups is 2. The molecule has 1 saturated carbocycles. The largest absolute Gasteiger partial charge is 0.295 e. The van der Waals surface area contributed by atoms with E-state index in [1.165, 1.54) is 43.2 Å². The van der Waals surface area contributed by atoms with Gasteiger partial charge in [0.15, 0.2) is 11.6 Å². The van der Waals surface area contributed by atoms with Crippen molar-refractivity contribution in [1.29, 1.82) is 0 Å². The second-order valence-electron chi connectivity index (χ2n) is 14.8. The third-order valence-electron chi connectivity index (χ3n) is 10.9. The van der Waals surface area contributed by atoms with Gasteiger partial charge < -0.3 is 0 Å². The maximum atomic E-state index is 13.8. The summed E-state index contributed by atoms with van der Waals surface area (Å²) in [6.07, 6.45) is 20.4. The fourth-order valence-electron chi connectivity index (χ4n) is 7.78. The van der Waals surface area contributed by atoms with Crippen LogP contribution in [0, 0.1) is 23.2 Å². The molecule has 230 valence electrons. The quantitative estimate of drug-likeness (QED) is 0.234. The maximum absolute atomic E-state index is 13.8. The predicted molar refractivity (Wildman–Crippen MR) is 177 cm³/mol. The summed E-state index contributed by atoms with van der Waals surface area (Å²) in [5.41, 5.74) is 4.71. The van der Waals surface area contributed by atoms with Gasteiger partial charge in [-0.05, 0) is 98.5 Å². The third kappa shape index (κ3) is 8.64. The van der Waals surface area contributed by atoms with Crippen LogP contribution in [0.5, 0.6) is 0 Å². The Bertz CT molecular complexity index is 1140. The molecule has 4 rings (SSSR count). The van der Waals surface area contributed by atoms with Crippen molar-refractivity contribution in [3.8, 4) is 0 Å². The zero-order valence-corrected chi connectivity index (χ0v) is 27.4. The SMILES string of the molecule is CCCCCCCC(=O)C1=CC=C(CC2CC(=O)C(CCc3ccccc3)=NC3(CCC(C(C)(C)C)CC3)C2C)CC1. The molecule has 0 amide bonds. The second-order valence-corrected chi connectivity index (χ2v) is 14.8. The van der Waals surface area contributed by atoms with E-state index in [1.807, 2.05) is 0 Å². The molecular weight excluding hydrogens is 514 g/mol. The van der Waals surface area contributed by atoms with Crippen molar-refractivity contribution in [2.45, 2.75) is 143 Å². The lowest BCUT2D eigenvalue weighted by atomic mass is 9.61. The van der Waals surface area contributed by atoms with E-state index in [1.54, 1.807) is 0 Å². The van der Waals surface area contributed by atoms with Gasteiger partial charge in [0.2, 0.25) is 0 Å². The molecule has 1 aromatic rings. The van der Waals surface area contributed by atoms with Crippen LogP contribution in [0.25, 0.3) is 0 Å². The second kappa shape index (κ2) is 14.9. The number of carbonyl (C=O) groups excluding carboxylic acids is 2. The van der Waals surface area contributed by atoms with Crippen LogP contribution in [-0.4, -0.2) is 22.8 Å². The predicted octanol–water partition coefficient (Wildman–Crippen LogP) is 10.2. The van der Waals surface area contributed by atoms with Gasteiger partial charge in [0.05, 0.1) is 11.3 Å². The van der Waals surface area contributed by atoms with Gasteiger partial charge in [0.1, 0.15) is 0 Å². The molecule has 0 bridgehead atoms. The first-order chi connectivity index (χ1) is 20.1.